The molecule has 2 N–H and O–H groups in total. The van der Waals surface area contributed by atoms with E-state index in [9.17, 15) is 17.6 Å². The van der Waals surface area contributed by atoms with Gasteiger partial charge in [0.25, 0.3) is 0 Å². The van der Waals surface area contributed by atoms with Crippen LogP contribution in [0.25, 0.3) is 0 Å². The predicted octanol–water partition coefficient (Wildman–Crippen LogP) is 1.02. The maximum Gasteiger partial charge on any atom is 0.243 e. The molecule has 0 radical (unpaired) electrons. The van der Waals surface area contributed by atoms with Crippen LogP contribution in [0.1, 0.15) is 20.8 Å². The molecule has 0 fully saturated rings. The van der Waals surface area contributed by atoms with Crippen molar-refractivity contribution >= 4 is 15.9 Å². The topological polar surface area (TPSA) is 75.3 Å². The van der Waals surface area contributed by atoms with Crippen LogP contribution in [0.4, 0.5) is 4.39 Å². The fraction of sp³-hybridized carbons (Fsp3) is 0.417. The minimum atomic E-state index is -4.03. The molecule has 0 spiro atoms. The van der Waals surface area contributed by atoms with Gasteiger partial charge < -0.3 is 5.32 Å². The van der Waals surface area contributed by atoms with Crippen LogP contribution >= 0.6 is 0 Å². The number of carbonyl (C=O) groups is 1. The predicted molar refractivity (Wildman–Crippen MR) is 69.5 cm³/mol. The maximum absolute atomic E-state index is 13.4. The van der Waals surface area contributed by atoms with E-state index in [2.05, 4.69) is 10.0 Å². The van der Waals surface area contributed by atoms with Gasteiger partial charge in [0, 0.05) is 5.54 Å². The fourth-order valence-electron chi connectivity index (χ4n) is 1.36. The van der Waals surface area contributed by atoms with Crippen LogP contribution in [0.3, 0.4) is 0 Å². The van der Waals surface area contributed by atoms with Crippen LogP contribution in [-0.4, -0.2) is 26.4 Å². The van der Waals surface area contributed by atoms with E-state index in [1.807, 2.05) is 0 Å². The third kappa shape index (κ3) is 4.96. The Kier molecular flexibility index (Phi) is 4.65. The zero-order valence-electron chi connectivity index (χ0n) is 11.0. The van der Waals surface area contributed by atoms with Gasteiger partial charge in [0.2, 0.25) is 15.9 Å². The summed E-state index contributed by atoms with van der Waals surface area (Å²) >= 11 is 0. The number of carbonyl (C=O) groups excluding carboxylic acids is 1. The second-order valence-corrected chi connectivity index (χ2v) is 6.79. The lowest BCUT2D eigenvalue weighted by atomic mass is 10.1. The largest absolute Gasteiger partial charge is 0.350 e. The van der Waals surface area contributed by atoms with Crippen molar-refractivity contribution in [1.29, 1.82) is 0 Å². The van der Waals surface area contributed by atoms with Crippen LogP contribution in [0.15, 0.2) is 29.2 Å². The summed E-state index contributed by atoms with van der Waals surface area (Å²) in [6.45, 7) is 4.89. The van der Waals surface area contributed by atoms with Crippen molar-refractivity contribution in [2.45, 2.75) is 31.2 Å². The van der Waals surface area contributed by atoms with Crippen LogP contribution in [0.2, 0.25) is 0 Å². The smallest absolute Gasteiger partial charge is 0.243 e. The number of nitrogens with one attached hydrogen (secondary N) is 2. The Morgan fingerprint density at radius 2 is 1.84 bits per heavy atom. The minimum Gasteiger partial charge on any atom is -0.350 e. The van der Waals surface area contributed by atoms with Gasteiger partial charge in [-0.3, -0.25) is 4.79 Å². The number of halogens is 1. The van der Waals surface area contributed by atoms with E-state index in [4.69, 9.17) is 0 Å². The lowest BCUT2D eigenvalue weighted by Gasteiger charge is -2.20. The van der Waals surface area contributed by atoms with Gasteiger partial charge in [0.1, 0.15) is 10.7 Å². The van der Waals surface area contributed by atoms with Gasteiger partial charge >= 0.3 is 0 Å². The molecule has 0 aliphatic rings. The average molecular weight is 288 g/mol. The number of rotatable bonds is 4. The summed E-state index contributed by atoms with van der Waals surface area (Å²) in [5.74, 6) is -1.33. The summed E-state index contributed by atoms with van der Waals surface area (Å²) in [7, 11) is -4.03. The number of sulfonamides is 1. The SMILES string of the molecule is CC(C)(C)NC(=O)CNS(=O)(=O)c1ccccc1F. The highest BCUT2D eigenvalue weighted by molar-refractivity contribution is 7.89. The summed E-state index contributed by atoms with van der Waals surface area (Å²) in [4.78, 5) is 11.0. The molecule has 1 aromatic rings. The molecule has 0 aliphatic carbocycles. The van der Waals surface area contributed by atoms with E-state index in [-0.39, 0.29) is 0 Å². The molecule has 0 bridgehead atoms. The van der Waals surface area contributed by atoms with Gasteiger partial charge in [0.15, 0.2) is 0 Å². The Hall–Kier alpha value is -1.47. The van der Waals surface area contributed by atoms with Gasteiger partial charge in [-0.05, 0) is 32.9 Å². The molecular weight excluding hydrogens is 271 g/mol. The third-order valence-corrected chi connectivity index (χ3v) is 3.50. The number of benzene rings is 1. The molecule has 1 rings (SSSR count). The van der Waals surface area contributed by atoms with E-state index < -0.39 is 38.7 Å². The first-order valence-electron chi connectivity index (χ1n) is 5.67. The van der Waals surface area contributed by atoms with Crippen LogP contribution in [-0.2, 0) is 14.8 Å². The summed E-state index contributed by atoms with van der Waals surface area (Å²) in [5.41, 5.74) is -0.458. The zero-order chi connectivity index (χ0) is 14.7. The monoisotopic (exact) mass is 288 g/mol. The summed E-state index contributed by atoms with van der Waals surface area (Å²) in [6.07, 6.45) is 0. The lowest BCUT2D eigenvalue weighted by molar-refractivity contribution is -0.121. The normalized spacial score (nSPS) is 12.2. The maximum atomic E-state index is 13.4. The summed E-state index contributed by atoms with van der Waals surface area (Å²) in [6, 6.07) is 4.98. The van der Waals surface area contributed by atoms with Gasteiger partial charge in [-0.1, -0.05) is 12.1 Å². The molecule has 1 aromatic carbocycles. The van der Waals surface area contributed by atoms with Crippen LogP contribution in [0.5, 0.6) is 0 Å². The van der Waals surface area contributed by atoms with Gasteiger partial charge in [-0.2, -0.15) is 0 Å². The second kappa shape index (κ2) is 5.66. The Morgan fingerprint density at radius 1 is 1.26 bits per heavy atom. The molecule has 0 heterocycles. The molecule has 0 aromatic heterocycles. The van der Waals surface area contributed by atoms with Crippen LogP contribution in [0, 0.1) is 5.82 Å². The lowest BCUT2D eigenvalue weighted by Crippen LogP contribution is -2.45. The zero-order valence-corrected chi connectivity index (χ0v) is 11.8. The summed E-state index contributed by atoms with van der Waals surface area (Å²) in [5, 5.41) is 2.60. The standard InChI is InChI=1S/C12H17FN2O3S/c1-12(2,3)15-11(16)8-14-19(17,18)10-7-5-4-6-9(10)13/h4-7,14H,8H2,1-3H3,(H,15,16). The minimum absolute atomic E-state index is 0.437. The van der Waals surface area contributed by atoms with E-state index in [0.717, 1.165) is 12.1 Å². The molecule has 0 aliphatic heterocycles. The highest BCUT2D eigenvalue weighted by Gasteiger charge is 2.20. The molecule has 0 saturated heterocycles. The van der Waals surface area contributed by atoms with Crippen molar-refractivity contribution in [3.05, 3.63) is 30.1 Å². The number of amides is 1. The summed E-state index contributed by atoms with van der Waals surface area (Å²) < 4.78 is 39.0. The molecule has 0 atom stereocenters. The molecule has 5 nitrogen and oxygen atoms in total. The Bertz CT molecular complexity index is 565. The third-order valence-electron chi connectivity index (χ3n) is 2.06. The average Bonchev–Trinajstić information content (AvgIpc) is 2.24. The molecule has 0 saturated carbocycles. The van der Waals surface area contributed by atoms with Crippen molar-refractivity contribution in [2.24, 2.45) is 0 Å². The molecule has 1 amide bonds. The number of hydrogen-bond acceptors (Lipinski definition) is 3. The first-order valence-corrected chi connectivity index (χ1v) is 7.15. The molecular formula is C12H17FN2O3S. The highest BCUT2D eigenvalue weighted by Crippen LogP contribution is 2.12. The van der Waals surface area contributed by atoms with Crippen molar-refractivity contribution in [3.8, 4) is 0 Å². The molecule has 7 heteroatoms. The fourth-order valence-corrected chi connectivity index (χ4v) is 2.42. The van der Waals surface area contributed by atoms with Crippen molar-refractivity contribution in [3.63, 3.8) is 0 Å². The van der Waals surface area contributed by atoms with E-state index in [0.29, 0.717) is 0 Å². The van der Waals surface area contributed by atoms with E-state index >= 15 is 0 Å². The van der Waals surface area contributed by atoms with Gasteiger partial charge in [0.05, 0.1) is 6.54 Å². The first-order chi connectivity index (χ1) is 8.62. The highest BCUT2D eigenvalue weighted by atomic mass is 32.2. The van der Waals surface area contributed by atoms with Crippen molar-refractivity contribution in [2.75, 3.05) is 6.54 Å². The first kappa shape index (κ1) is 15.6. The Balaban J connectivity index is 2.72. The second-order valence-electron chi connectivity index (χ2n) is 5.05. The Labute approximate surface area is 112 Å². The van der Waals surface area contributed by atoms with E-state index in [1.165, 1.54) is 12.1 Å². The Morgan fingerprint density at radius 3 is 2.37 bits per heavy atom. The van der Waals surface area contributed by atoms with Gasteiger partial charge in [-0.15, -0.1) is 0 Å². The van der Waals surface area contributed by atoms with Crippen molar-refractivity contribution in [1.82, 2.24) is 10.0 Å². The van der Waals surface area contributed by atoms with Gasteiger partial charge in [-0.25, -0.2) is 17.5 Å². The number of hydrogen-bond donors (Lipinski definition) is 2. The molecule has 0 unspecified atom stereocenters. The molecule has 19 heavy (non-hydrogen) atoms. The van der Waals surface area contributed by atoms with Crippen molar-refractivity contribution < 1.29 is 17.6 Å². The van der Waals surface area contributed by atoms with Crippen LogP contribution < -0.4 is 10.0 Å². The molecule has 106 valence electrons. The van der Waals surface area contributed by atoms with E-state index in [1.54, 1.807) is 20.8 Å². The quantitative estimate of drug-likeness (QED) is 0.868.